The van der Waals surface area contributed by atoms with Crippen LogP contribution in [0.1, 0.15) is 68.2 Å². The van der Waals surface area contributed by atoms with E-state index in [-0.39, 0.29) is 11.8 Å². The fourth-order valence-electron chi connectivity index (χ4n) is 13.1. The Morgan fingerprint density at radius 1 is 0.792 bits per heavy atom. The summed E-state index contributed by atoms with van der Waals surface area (Å²) in [4.78, 5) is 80.9. The van der Waals surface area contributed by atoms with Crippen molar-refractivity contribution in [2.24, 2.45) is 69.5 Å². The van der Waals surface area contributed by atoms with Gasteiger partial charge in [0.2, 0.25) is 17.4 Å². The van der Waals surface area contributed by atoms with Gasteiger partial charge in [-0.25, -0.2) is 4.79 Å². The van der Waals surface area contributed by atoms with Crippen molar-refractivity contribution in [3.63, 3.8) is 0 Å². The van der Waals surface area contributed by atoms with Crippen molar-refractivity contribution < 1.29 is 62.7 Å². The Morgan fingerprint density at radius 3 is 2.00 bits per heavy atom. The van der Waals surface area contributed by atoms with Gasteiger partial charge in [0, 0.05) is 61.2 Å². The molecule has 13 heteroatoms. The third kappa shape index (κ3) is 3.35. The largest absolute Gasteiger partial charge is 0.462 e. The van der Waals surface area contributed by atoms with E-state index < -0.39 is 135 Å². The summed E-state index contributed by atoms with van der Waals surface area (Å²) in [6.07, 6.45) is -4.32. The quantitative estimate of drug-likeness (QED) is 0.188. The number of aliphatic hydroxyl groups is 2. The topological polar surface area (TPSA) is 192 Å². The fourth-order valence-corrected chi connectivity index (χ4v) is 13.1. The monoisotopic (exact) mass is 672 g/mol. The van der Waals surface area contributed by atoms with Crippen molar-refractivity contribution in [1.29, 1.82) is 0 Å². The molecule has 8 aliphatic rings. The SMILES string of the molecule is CC(=O)O[C@H]1C2C(C(=O)C(=O)[C@H]3CC4C[C@@H]4[C@H](OC(C)=O)[C@]23C)[C@@H]2[C@@H](O)[C@@H]3[C@H]([C@H](C)[C@H]4O[C@]45OC(=O)[C@@](C)(O)[C@]35C)[C@@]2(C)[C@H]1OC(C)=O. The standard InChI is InChI=1S/C35H44O13/c1-11-19-22(33(7)34(8,43)30(42)48-35(33)27(11)47-35)25(41)20-18-21(26(44-12(2)36)29(32(19,20)6)46-14(4)38)31(5)17(23(39)24(18)40)10-15-9-16(15)28(31)45-13(3)37/h11,15-22,25-29,41,43H,9-10H2,1-8H3/t11-,15?,16-,17+,18?,19-,20+,21?,22-,25+,26-,27+,28-,29-,31-,32+,33-,34+,35-/m0/s1. The van der Waals surface area contributed by atoms with Crippen LogP contribution in [-0.2, 0) is 52.5 Å². The van der Waals surface area contributed by atoms with Crippen molar-refractivity contribution in [2.75, 3.05) is 0 Å². The van der Waals surface area contributed by atoms with Gasteiger partial charge in [0.15, 0.2) is 5.60 Å². The van der Waals surface area contributed by atoms with Crippen molar-refractivity contribution in [3.05, 3.63) is 0 Å². The second-order valence-corrected chi connectivity index (χ2v) is 16.9. The Bertz CT molecular complexity index is 1590. The van der Waals surface area contributed by atoms with Crippen LogP contribution in [0, 0.1) is 69.5 Å². The van der Waals surface area contributed by atoms with Gasteiger partial charge >= 0.3 is 23.9 Å². The van der Waals surface area contributed by atoms with Gasteiger partial charge in [-0.15, -0.1) is 0 Å². The van der Waals surface area contributed by atoms with Crippen LogP contribution in [0.5, 0.6) is 0 Å². The summed E-state index contributed by atoms with van der Waals surface area (Å²) in [5.41, 5.74) is -6.21. The zero-order chi connectivity index (χ0) is 35.0. The number of esters is 4. The van der Waals surface area contributed by atoms with Crippen LogP contribution in [0.2, 0.25) is 0 Å². The summed E-state index contributed by atoms with van der Waals surface area (Å²) in [7, 11) is 0. The normalized spacial score (nSPS) is 58.1. The van der Waals surface area contributed by atoms with E-state index in [9.17, 15) is 39.0 Å². The minimum atomic E-state index is -2.12. The molecular formula is C35H44O13. The fraction of sp³-hybridized carbons (Fsp3) is 0.829. The summed E-state index contributed by atoms with van der Waals surface area (Å²) in [5, 5.41) is 24.6. The molecule has 8 rings (SSSR count). The molecule has 0 aromatic heterocycles. The highest BCUT2D eigenvalue weighted by Crippen LogP contribution is 2.80. The lowest BCUT2D eigenvalue weighted by Crippen LogP contribution is -2.73. The van der Waals surface area contributed by atoms with Gasteiger partial charge in [-0.05, 0) is 50.4 Å². The average molecular weight is 673 g/mol. The highest BCUT2D eigenvalue weighted by molar-refractivity contribution is 6.40. The third-order valence-electron chi connectivity index (χ3n) is 15.0. The molecule has 6 aliphatic carbocycles. The maximum Gasteiger partial charge on any atom is 0.341 e. The molecular weight excluding hydrogens is 628 g/mol. The molecule has 48 heavy (non-hydrogen) atoms. The van der Waals surface area contributed by atoms with Gasteiger partial charge in [-0.2, -0.15) is 0 Å². The first-order chi connectivity index (χ1) is 22.2. The van der Waals surface area contributed by atoms with Crippen LogP contribution in [-0.4, -0.2) is 87.6 Å². The Kier molecular flexibility index (Phi) is 6.23. The summed E-state index contributed by atoms with van der Waals surface area (Å²) in [6, 6.07) is 0. The second-order valence-electron chi connectivity index (χ2n) is 16.9. The molecule has 0 amide bonds. The van der Waals surface area contributed by atoms with E-state index in [1.54, 1.807) is 20.8 Å². The highest BCUT2D eigenvalue weighted by atomic mass is 16.8. The Morgan fingerprint density at radius 2 is 1.40 bits per heavy atom. The third-order valence-corrected chi connectivity index (χ3v) is 15.0. The van der Waals surface area contributed by atoms with Crippen LogP contribution in [0.4, 0.5) is 0 Å². The molecule has 2 heterocycles. The lowest BCUT2D eigenvalue weighted by molar-refractivity contribution is -0.257. The number of ketones is 2. The van der Waals surface area contributed by atoms with E-state index in [0.717, 1.165) is 0 Å². The molecule has 19 atom stereocenters. The van der Waals surface area contributed by atoms with E-state index in [4.69, 9.17) is 23.7 Å². The molecule has 6 saturated carbocycles. The number of fused-ring (bicyclic) bond motifs is 9. The zero-order valence-electron chi connectivity index (χ0n) is 28.4. The Labute approximate surface area is 277 Å². The van der Waals surface area contributed by atoms with Gasteiger partial charge in [0.25, 0.3) is 0 Å². The van der Waals surface area contributed by atoms with Crippen LogP contribution in [0.25, 0.3) is 0 Å². The van der Waals surface area contributed by atoms with Crippen molar-refractivity contribution in [1.82, 2.24) is 0 Å². The predicted molar refractivity (Wildman–Crippen MR) is 158 cm³/mol. The van der Waals surface area contributed by atoms with E-state index in [1.165, 1.54) is 27.7 Å². The van der Waals surface area contributed by atoms with Crippen LogP contribution in [0.15, 0.2) is 0 Å². The van der Waals surface area contributed by atoms with Crippen molar-refractivity contribution >= 4 is 35.4 Å². The number of carbonyl (C=O) groups is 6. The smallest absolute Gasteiger partial charge is 0.341 e. The number of rotatable bonds is 3. The maximum atomic E-state index is 14.7. The highest BCUT2D eigenvalue weighted by Gasteiger charge is 2.93. The minimum Gasteiger partial charge on any atom is -0.462 e. The number of carbonyl (C=O) groups excluding carboxylic acids is 6. The van der Waals surface area contributed by atoms with E-state index in [0.29, 0.717) is 12.8 Å². The summed E-state index contributed by atoms with van der Waals surface area (Å²) in [5.74, 6) is -11.9. The Balaban J connectivity index is 1.38. The van der Waals surface area contributed by atoms with Gasteiger partial charge in [0.05, 0.1) is 11.5 Å². The molecule has 0 aromatic carbocycles. The molecule has 0 bridgehead atoms. The first-order valence-corrected chi connectivity index (χ1v) is 17.1. The first kappa shape index (κ1) is 32.3. The molecule has 0 radical (unpaired) electrons. The number of hydrogen-bond donors (Lipinski definition) is 2. The van der Waals surface area contributed by atoms with E-state index >= 15 is 0 Å². The molecule has 8 fully saturated rings. The van der Waals surface area contributed by atoms with Gasteiger partial charge in [-0.3, -0.25) is 24.0 Å². The zero-order valence-corrected chi connectivity index (χ0v) is 28.4. The lowest BCUT2D eigenvalue weighted by Gasteiger charge is -2.64. The number of epoxide rings is 1. The van der Waals surface area contributed by atoms with Gasteiger partial charge < -0.3 is 33.9 Å². The van der Waals surface area contributed by atoms with Crippen LogP contribution < -0.4 is 0 Å². The molecule has 1 spiro atoms. The lowest BCUT2D eigenvalue weighted by atomic mass is 9.41. The minimum absolute atomic E-state index is 0.0776. The number of Topliss-reactive ketones (excluding diaryl/α,β-unsaturated/α-hetero) is 2. The van der Waals surface area contributed by atoms with Crippen LogP contribution >= 0.6 is 0 Å². The molecule has 0 aromatic rings. The maximum absolute atomic E-state index is 14.7. The van der Waals surface area contributed by atoms with Gasteiger partial charge in [-0.1, -0.05) is 20.8 Å². The number of hydrogen-bond acceptors (Lipinski definition) is 13. The molecule has 262 valence electrons. The predicted octanol–water partition coefficient (Wildman–Crippen LogP) is 1.13. The summed E-state index contributed by atoms with van der Waals surface area (Å²) in [6.45, 7) is 12.2. The summed E-state index contributed by atoms with van der Waals surface area (Å²) < 4.78 is 30.3. The van der Waals surface area contributed by atoms with Crippen molar-refractivity contribution in [2.45, 2.75) is 110 Å². The van der Waals surface area contributed by atoms with Gasteiger partial charge in [0.1, 0.15) is 24.4 Å². The average Bonchev–Trinajstić information content (AvgIpc) is 3.88. The summed E-state index contributed by atoms with van der Waals surface area (Å²) >= 11 is 0. The molecule has 2 aliphatic heterocycles. The molecule has 3 unspecified atom stereocenters. The van der Waals surface area contributed by atoms with Crippen LogP contribution in [0.3, 0.4) is 0 Å². The molecule has 2 N–H and O–H groups in total. The number of aliphatic hydroxyl groups excluding tert-OH is 1. The number of ether oxygens (including phenoxy) is 5. The van der Waals surface area contributed by atoms with Crippen molar-refractivity contribution in [3.8, 4) is 0 Å². The molecule has 2 saturated heterocycles. The van der Waals surface area contributed by atoms with E-state index in [1.807, 2.05) is 6.92 Å². The van der Waals surface area contributed by atoms with E-state index in [2.05, 4.69) is 0 Å². The first-order valence-electron chi connectivity index (χ1n) is 17.1. The second kappa shape index (κ2) is 9.25. The Hall–Kier alpha value is -2.90. The molecule has 13 nitrogen and oxygen atoms in total.